The van der Waals surface area contributed by atoms with E-state index >= 15 is 0 Å². The van der Waals surface area contributed by atoms with Gasteiger partial charge in [0.25, 0.3) is 0 Å². The fraction of sp³-hybridized carbons (Fsp3) is 0.111. The third kappa shape index (κ3) is 1.92. The van der Waals surface area contributed by atoms with Crippen molar-refractivity contribution in [2.24, 2.45) is 5.73 Å². The number of amidine groups is 1. The van der Waals surface area contributed by atoms with Crippen LogP contribution in [0.25, 0.3) is 0 Å². The van der Waals surface area contributed by atoms with Crippen LogP contribution in [0.15, 0.2) is 24.3 Å². The van der Waals surface area contributed by atoms with E-state index in [4.69, 9.17) is 11.1 Å². The maximum absolute atomic E-state index is 10.0. The van der Waals surface area contributed by atoms with E-state index in [2.05, 4.69) is 0 Å². The van der Waals surface area contributed by atoms with Crippen molar-refractivity contribution in [1.82, 2.24) is 0 Å². The molecule has 0 bridgehead atoms. The van der Waals surface area contributed by atoms with Gasteiger partial charge in [-0.25, -0.2) is 0 Å². The fourth-order valence-electron chi connectivity index (χ4n) is 0.885. The standard InChI is InChI=1S/C9H9N2O/c10-9(11)8-3-1-7(2-4-8)5-6-12/h1-4H,5H2,(H3,10,11). The lowest BCUT2D eigenvalue weighted by Crippen LogP contribution is -2.10. The summed E-state index contributed by atoms with van der Waals surface area (Å²) in [5.74, 6) is 0.0385. The van der Waals surface area contributed by atoms with E-state index in [1.165, 1.54) is 0 Å². The Hall–Kier alpha value is -1.64. The summed E-state index contributed by atoms with van der Waals surface area (Å²) in [6.07, 6.45) is 2.09. The summed E-state index contributed by atoms with van der Waals surface area (Å²) < 4.78 is 0. The van der Waals surface area contributed by atoms with Gasteiger partial charge in [0.15, 0.2) is 0 Å². The monoisotopic (exact) mass is 161 g/mol. The van der Waals surface area contributed by atoms with Crippen LogP contribution in [-0.4, -0.2) is 12.1 Å². The topological polar surface area (TPSA) is 66.9 Å². The molecule has 0 fully saturated rings. The molecule has 0 spiro atoms. The molecule has 0 unspecified atom stereocenters. The molecule has 0 saturated heterocycles. The van der Waals surface area contributed by atoms with Crippen molar-refractivity contribution in [3.8, 4) is 0 Å². The average Bonchev–Trinajstić information content (AvgIpc) is 2.06. The van der Waals surface area contributed by atoms with Gasteiger partial charge in [0, 0.05) is 12.0 Å². The van der Waals surface area contributed by atoms with E-state index in [-0.39, 0.29) is 12.3 Å². The van der Waals surface area contributed by atoms with Crippen LogP contribution < -0.4 is 5.73 Å². The molecule has 0 heterocycles. The summed E-state index contributed by atoms with van der Waals surface area (Å²) in [4.78, 5) is 10.0. The van der Waals surface area contributed by atoms with Gasteiger partial charge in [0.2, 0.25) is 6.29 Å². The van der Waals surface area contributed by atoms with Gasteiger partial charge in [-0.05, 0) is 5.56 Å². The Morgan fingerprint density at radius 1 is 1.42 bits per heavy atom. The van der Waals surface area contributed by atoms with Crippen molar-refractivity contribution in [3.63, 3.8) is 0 Å². The van der Waals surface area contributed by atoms with Crippen LogP contribution in [-0.2, 0) is 11.2 Å². The number of hydrogen-bond acceptors (Lipinski definition) is 2. The molecule has 0 aromatic heterocycles. The quantitative estimate of drug-likeness (QED) is 0.504. The normalized spacial score (nSPS) is 9.33. The van der Waals surface area contributed by atoms with E-state index in [1.54, 1.807) is 30.6 Å². The number of nitrogen functional groups attached to an aromatic ring is 1. The van der Waals surface area contributed by atoms with Gasteiger partial charge < -0.3 is 5.73 Å². The molecule has 0 aliphatic carbocycles. The van der Waals surface area contributed by atoms with Crippen molar-refractivity contribution < 1.29 is 4.79 Å². The van der Waals surface area contributed by atoms with Crippen LogP contribution in [0.1, 0.15) is 11.1 Å². The third-order valence-corrected chi connectivity index (χ3v) is 1.54. The van der Waals surface area contributed by atoms with Gasteiger partial charge in [-0.2, -0.15) is 0 Å². The van der Waals surface area contributed by atoms with Crippen LogP contribution in [0.4, 0.5) is 0 Å². The van der Waals surface area contributed by atoms with Gasteiger partial charge in [-0.3, -0.25) is 10.2 Å². The summed E-state index contributed by atoms with van der Waals surface area (Å²) in [5, 5.41) is 7.11. The summed E-state index contributed by atoms with van der Waals surface area (Å²) in [6.45, 7) is 0. The Morgan fingerprint density at radius 3 is 2.42 bits per heavy atom. The summed E-state index contributed by atoms with van der Waals surface area (Å²) in [6, 6.07) is 6.97. The lowest BCUT2D eigenvalue weighted by atomic mass is 10.1. The maximum Gasteiger partial charge on any atom is 0.203 e. The predicted octanol–water partition coefficient (Wildman–Crippen LogP) is 0.623. The highest BCUT2D eigenvalue weighted by Crippen LogP contribution is 2.03. The molecule has 61 valence electrons. The molecule has 0 saturated carbocycles. The zero-order valence-corrected chi connectivity index (χ0v) is 6.50. The van der Waals surface area contributed by atoms with Gasteiger partial charge >= 0.3 is 0 Å². The zero-order valence-electron chi connectivity index (χ0n) is 6.50. The first kappa shape index (κ1) is 8.46. The molecular weight excluding hydrogens is 152 g/mol. The number of rotatable bonds is 3. The smallest absolute Gasteiger partial charge is 0.203 e. The first-order valence-corrected chi connectivity index (χ1v) is 3.52. The minimum Gasteiger partial charge on any atom is -0.384 e. The van der Waals surface area contributed by atoms with Crippen molar-refractivity contribution in [2.45, 2.75) is 6.42 Å². The summed E-state index contributed by atoms with van der Waals surface area (Å²) >= 11 is 0. The second-order valence-electron chi connectivity index (χ2n) is 2.43. The van der Waals surface area contributed by atoms with E-state index in [0.29, 0.717) is 5.56 Å². The Kier molecular flexibility index (Phi) is 2.58. The molecule has 0 aliphatic rings. The predicted molar refractivity (Wildman–Crippen MR) is 46.9 cm³/mol. The number of nitrogens with one attached hydrogen (secondary N) is 1. The van der Waals surface area contributed by atoms with E-state index < -0.39 is 0 Å². The molecule has 1 radical (unpaired) electrons. The van der Waals surface area contributed by atoms with Crippen LogP contribution in [0.3, 0.4) is 0 Å². The molecule has 1 rings (SSSR count). The molecule has 0 aliphatic heterocycles. The van der Waals surface area contributed by atoms with Crippen LogP contribution in [0, 0.1) is 5.41 Å². The number of carbonyl (C=O) groups excluding carboxylic acids is 1. The second kappa shape index (κ2) is 3.67. The van der Waals surface area contributed by atoms with Gasteiger partial charge in [-0.1, -0.05) is 24.3 Å². The molecule has 0 atom stereocenters. The average molecular weight is 161 g/mol. The lowest BCUT2D eigenvalue weighted by molar-refractivity contribution is 0.555. The van der Waals surface area contributed by atoms with Crippen LogP contribution in [0.2, 0.25) is 0 Å². The van der Waals surface area contributed by atoms with E-state index in [1.807, 2.05) is 0 Å². The Bertz CT molecular complexity index is 290. The highest BCUT2D eigenvalue weighted by atomic mass is 16.1. The molecule has 0 amide bonds. The molecule has 1 aromatic rings. The molecule has 12 heavy (non-hydrogen) atoms. The summed E-state index contributed by atoms with van der Waals surface area (Å²) in [5.41, 5.74) is 6.80. The first-order valence-electron chi connectivity index (χ1n) is 3.52. The molecule has 3 N–H and O–H groups in total. The fourth-order valence-corrected chi connectivity index (χ4v) is 0.885. The highest BCUT2D eigenvalue weighted by Gasteiger charge is 1.95. The number of benzene rings is 1. The number of hydrogen-bond donors (Lipinski definition) is 2. The second-order valence-corrected chi connectivity index (χ2v) is 2.43. The van der Waals surface area contributed by atoms with Gasteiger partial charge in [-0.15, -0.1) is 0 Å². The van der Waals surface area contributed by atoms with Crippen molar-refractivity contribution >= 4 is 12.1 Å². The lowest BCUT2D eigenvalue weighted by Gasteiger charge is -1.98. The molecular formula is C9H9N2O. The minimum absolute atomic E-state index is 0.0385. The molecule has 3 nitrogen and oxygen atoms in total. The number of nitrogens with two attached hydrogens (primary N) is 1. The van der Waals surface area contributed by atoms with Gasteiger partial charge in [0.1, 0.15) is 5.84 Å². The Morgan fingerprint density at radius 2 is 2.00 bits per heavy atom. The van der Waals surface area contributed by atoms with E-state index in [9.17, 15) is 4.79 Å². The van der Waals surface area contributed by atoms with Gasteiger partial charge in [0.05, 0.1) is 0 Å². The Balaban J connectivity index is 2.85. The SMILES string of the molecule is N=C(N)c1ccc(C[C]=O)cc1. The summed E-state index contributed by atoms with van der Waals surface area (Å²) in [7, 11) is 0. The third-order valence-electron chi connectivity index (χ3n) is 1.54. The largest absolute Gasteiger partial charge is 0.384 e. The van der Waals surface area contributed by atoms with Crippen molar-refractivity contribution in [1.29, 1.82) is 5.41 Å². The van der Waals surface area contributed by atoms with Crippen LogP contribution in [0.5, 0.6) is 0 Å². The van der Waals surface area contributed by atoms with Crippen LogP contribution >= 0.6 is 0 Å². The van der Waals surface area contributed by atoms with Crippen molar-refractivity contribution in [2.75, 3.05) is 0 Å². The maximum atomic E-state index is 10.0. The highest BCUT2D eigenvalue weighted by molar-refractivity contribution is 5.94. The molecule has 3 heteroatoms. The zero-order chi connectivity index (χ0) is 8.97. The van der Waals surface area contributed by atoms with E-state index in [0.717, 1.165) is 5.56 Å². The minimum atomic E-state index is 0.0385. The Labute approximate surface area is 70.7 Å². The van der Waals surface area contributed by atoms with Crippen molar-refractivity contribution in [3.05, 3.63) is 35.4 Å². The first-order chi connectivity index (χ1) is 5.74. The molecule has 1 aromatic carbocycles.